The molecule has 8 nitrogen and oxygen atoms in total. The Hall–Kier alpha value is -3.42. The third-order valence-electron chi connectivity index (χ3n) is 3.45. The summed E-state index contributed by atoms with van der Waals surface area (Å²) in [6.45, 7) is 6.98. The Morgan fingerprint density at radius 1 is 1.07 bits per heavy atom. The highest BCUT2D eigenvalue weighted by Crippen LogP contribution is 2.23. The fourth-order valence-electron chi connectivity index (χ4n) is 2.21. The summed E-state index contributed by atoms with van der Waals surface area (Å²) in [5, 5.41) is 16.1. The average Bonchev–Trinajstić information content (AvgIpc) is 2.55. The van der Waals surface area contributed by atoms with Crippen molar-refractivity contribution in [2.45, 2.75) is 33.3 Å². The molecule has 0 aliphatic heterocycles. The van der Waals surface area contributed by atoms with Gasteiger partial charge in [0, 0.05) is 23.4 Å². The van der Waals surface area contributed by atoms with Crippen molar-refractivity contribution in [2.24, 2.45) is 0 Å². The minimum Gasteiger partial charge on any atom is -0.444 e. The number of rotatable bonds is 4. The van der Waals surface area contributed by atoms with E-state index in [1.54, 1.807) is 52.0 Å². The number of non-ortho nitro benzene ring substituents is 1. The molecule has 0 unspecified atom stereocenters. The van der Waals surface area contributed by atoms with Crippen molar-refractivity contribution >= 4 is 29.1 Å². The first-order chi connectivity index (χ1) is 12.5. The highest BCUT2D eigenvalue weighted by molar-refractivity contribution is 6.05. The van der Waals surface area contributed by atoms with Gasteiger partial charge in [-0.25, -0.2) is 4.79 Å². The molecule has 2 rings (SSSR count). The lowest BCUT2D eigenvalue weighted by Gasteiger charge is -2.19. The highest BCUT2D eigenvalue weighted by Gasteiger charge is 2.17. The molecule has 2 aromatic rings. The maximum atomic E-state index is 12.5. The topological polar surface area (TPSA) is 111 Å². The predicted octanol–water partition coefficient (Wildman–Crippen LogP) is 4.50. The largest absolute Gasteiger partial charge is 0.444 e. The van der Waals surface area contributed by atoms with Crippen molar-refractivity contribution in [1.82, 2.24) is 0 Å². The normalized spacial score (nSPS) is 10.8. The van der Waals surface area contributed by atoms with Crippen LogP contribution in [0.15, 0.2) is 42.5 Å². The smallest absolute Gasteiger partial charge is 0.412 e. The lowest BCUT2D eigenvalue weighted by Crippen LogP contribution is -2.27. The van der Waals surface area contributed by atoms with E-state index in [9.17, 15) is 19.7 Å². The Balaban J connectivity index is 2.15. The molecule has 0 spiro atoms. The number of nitro groups is 1. The molecule has 0 saturated carbocycles. The summed E-state index contributed by atoms with van der Waals surface area (Å²) in [7, 11) is 0. The molecular weight excluding hydrogens is 350 g/mol. The van der Waals surface area contributed by atoms with E-state index in [0.29, 0.717) is 16.9 Å². The van der Waals surface area contributed by atoms with Gasteiger partial charge in [0.2, 0.25) is 0 Å². The van der Waals surface area contributed by atoms with Crippen LogP contribution in [0.5, 0.6) is 0 Å². The van der Waals surface area contributed by atoms with Crippen molar-refractivity contribution < 1.29 is 19.2 Å². The van der Waals surface area contributed by atoms with Crippen molar-refractivity contribution in [3.63, 3.8) is 0 Å². The number of anilines is 2. The summed E-state index contributed by atoms with van der Waals surface area (Å²) in [4.78, 5) is 34.7. The maximum absolute atomic E-state index is 12.5. The van der Waals surface area contributed by atoms with E-state index in [4.69, 9.17) is 4.74 Å². The molecule has 0 aliphatic rings. The van der Waals surface area contributed by atoms with Gasteiger partial charge in [-0.2, -0.15) is 0 Å². The van der Waals surface area contributed by atoms with Crippen LogP contribution in [0, 0.1) is 17.0 Å². The van der Waals surface area contributed by atoms with Crippen LogP contribution in [-0.4, -0.2) is 22.5 Å². The lowest BCUT2D eigenvalue weighted by molar-refractivity contribution is -0.384. The second kappa shape index (κ2) is 7.86. The van der Waals surface area contributed by atoms with Gasteiger partial charge in [-0.05, 0) is 51.5 Å². The van der Waals surface area contributed by atoms with Crippen LogP contribution in [0.1, 0.15) is 36.7 Å². The number of benzene rings is 2. The number of nitrogens with zero attached hydrogens (tertiary/aromatic N) is 1. The number of ether oxygens (including phenoxy) is 1. The minimum atomic E-state index is -0.640. The molecule has 2 amide bonds. The zero-order valence-corrected chi connectivity index (χ0v) is 15.5. The summed E-state index contributed by atoms with van der Waals surface area (Å²) < 4.78 is 5.17. The average molecular weight is 371 g/mol. The fourth-order valence-corrected chi connectivity index (χ4v) is 2.21. The number of nitro benzene ring substituents is 1. The molecule has 2 N–H and O–H groups in total. The van der Waals surface area contributed by atoms with Gasteiger partial charge in [-0.1, -0.05) is 12.1 Å². The van der Waals surface area contributed by atoms with E-state index in [0.717, 1.165) is 0 Å². The van der Waals surface area contributed by atoms with Gasteiger partial charge in [0.15, 0.2) is 0 Å². The van der Waals surface area contributed by atoms with Gasteiger partial charge in [0.25, 0.3) is 11.6 Å². The monoisotopic (exact) mass is 371 g/mol. The number of aryl methyl sites for hydroxylation is 1. The van der Waals surface area contributed by atoms with Crippen LogP contribution in [0.4, 0.5) is 21.9 Å². The summed E-state index contributed by atoms with van der Waals surface area (Å²) in [5.41, 5.74) is 0.966. The lowest BCUT2D eigenvalue weighted by atomic mass is 10.1. The van der Waals surface area contributed by atoms with Crippen molar-refractivity contribution in [3.8, 4) is 0 Å². The first-order valence-corrected chi connectivity index (χ1v) is 8.21. The maximum Gasteiger partial charge on any atom is 0.412 e. The van der Waals surface area contributed by atoms with E-state index >= 15 is 0 Å². The standard InChI is InChI=1S/C19H21N3O5/c1-12-8-9-15(22(25)26)11-16(12)21-17(23)13-6-5-7-14(10-13)20-18(24)27-19(2,3)4/h5-11H,1-4H3,(H,20,24)(H,21,23). The highest BCUT2D eigenvalue weighted by atomic mass is 16.6. The second-order valence-electron chi connectivity index (χ2n) is 6.92. The number of hydrogen-bond donors (Lipinski definition) is 2. The number of amides is 2. The minimum absolute atomic E-state index is 0.115. The van der Waals surface area contributed by atoms with Crippen molar-refractivity contribution in [3.05, 3.63) is 63.7 Å². The molecule has 142 valence electrons. The molecule has 0 bridgehead atoms. The third kappa shape index (κ3) is 5.81. The number of carbonyl (C=O) groups is 2. The molecule has 0 radical (unpaired) electrons. The van der Waals surface area contributed by atoms with E-state index in [1.807, 2.05) is 0 Å². The second-order valence-corrected chi connectivity index (χ2v) is 6.92. The summed E-state index contributed by atoms with van der Waals surface area (Å²) in [5.74, 6) is -0.452. The molecule has 2 aromatic carbocycles. The predicted molar refractivity (Wildman–Crippen MR) is 102 cm³/mol. The van der Waals surface area contributed by atoms with Crippen molar-refractivity contribution in [1.29, 1.82) is 0 Å². The van der Waals surface area contributed by atoms with Gasteiger partial charge < -0.3 is 10.1 Å². The summed E-state index contributed by atoms with van der Waals surface area (Å²) in [6.07, 6.45) is -0.630. The molecule has 27 heavy (non-hydrogen) atoms. The molecule has 0 aromatic heterocycles. The van der Waals surface area contributed by atoms with Crippen LogP contribution in [0.25, 0.3) is 0 Å². The first-order valence-electron chi connectivity index (χ1n) is 8.21. The van der Waals surface area contributed by atoms with Gasteiger partial charge in [-0.15, -0.1) is 0 Å². The van der Waals surface area contributed by atoms with Crippen LogP contribution in [0.2, 0.25) is 0 Å². The number of hydrogen-bond acceptors (Lipinski definition) is 5. The Morgan fingerprint density at radius 3 is 2.41 bits per heavy atom. The van der Waals surface area contributed by atoms with Gasteiger partial charge in [-0.3, -0.25) is 20.2 Å². The van der Waals surface area contributed by atoms with E-state index in [-0.39, 0.29) is 11.3 Å². The Morgan fingerprint density at radius 2 is 1.78 bits per heavy atom. The van der Waals surface area contributed by atoms with Crippen molar-refractivity contribution in [2.75, 3.05) is 10.6 Å². The molecule has 0 fully saturated rings. The van der Waals surface area contributed by atoms with E-state index in [2.05, 4.69) is 10.6 Å². The van der Waals surface area contributed by atoms with Gasteiger partial charge in [0.05, 0.1) is 10.6 Å². The zero-order chi connectivity index (χ0) is 20.2. The van der Waals surface area contributed by atoms with E-state index in [1.165, 1.54) is 18.2 Å². The van der Waals surface area contributed by atoms with Crippen LogP contribution < -0.4 is 10.6 Å². The quantitative estimate of drug-likeness (QED) is 0.607. The first kappa shape index (κ1) is 19.9. The van der Waals surface area contributed by atoms with Crippen LogP contribution in [-0.2, 0) is 4.74 Å². The van der Waals surface area contributed by atoms with Gasteiger partial charge >= 0.3 is 6.09 Å². The SMILES string of the molecule is Cc1ccc([N+](=O)[O-])cc1NC(=O)c1cccc(NC(=O)OC(C)(C)C)c1. The number of carbonyl (C=O) groups excluding carboxylic acids is 2. The molecule has 0 aliphatic carbocycles. The molecule has 8 heteroatoms. The summed E-state index contributed by atoms with van der Waals surface area (Å²) in [6, 6.07) is 10.5. The Kier molecular flexibility index (Phi) is 5.79. The zero-order valence-electron chi connectivity index (χ0n) is 15.5. The molecule has 0 saturated heterocycles. The molecular formula is C19H21N3O5. The molecule has 0 atom stereocenters. The van der Waals surface area contributed by atoms with Crippen LogP contribution in [0.3, 0.4) is 0 Å². The fraction of sp³-hybridized carbons (Fsp3) is 0.263. The van der Waals surface area contributed by atoms with Crippen LogP contribution >= 0.6 is 0 Å². The number of nitrogens with one attached hydrogen (secondary N) is 2. The van der Waals surface area contributed by atoms with Gasteiger partial charge in [0.1, 0.15) is 5.60 Å². The third-order valence-corrected chi connectivity index (χ3v) is 3.45. The Bertz CT molecular complexity index is 887. The summed E-state index contributed by atoms with van der Waals surface area (Å²) >= 11 is 0. The molecule has 0 heterocycles. The van der Waals surface area contributed by atoms with E-state index < -0.39 is 22.5 Å². The Labute approximate surface area is 156 Å².